The van der Waals surface area contributed by atoms with Crippen molar-refractivity contribution in [3.63, 3.8) is 0 Å². The van der Waals surface area contributed by atoms with Crippen molar-refractivity contribution in [1.29, 1.82) is 0 Å². The van der Waals surface area contributed by atoms with Crippen LogP contribution in [0.25, 0.3) is 0 Å². The molecular formula is C16H27N5O2. The van der Waals surface area contributed by atoms with E-state index >= 15 is 0 Å². The molecule has 3 heterocycles. The Balaban J connectivity index is 1.58. The van der Waals surface area contributed by atoms with E-state index in [1.165, 1.54) is 19.3 Å². The van der Waals surface area contributed by atoms with Gasteiger partial charge in [-0.25, -0.2) is 4.79 Å². The quantitative estimate of drug-likeness (QED) is 0.903. The molecule has 23 heavy (non-hydrogen) atoms. The van der Waals surface area contributed by atoms with E-state index in [-0.39, 0.29) is 18.0 Å². The minimum atomic E-state index is 0.0809. The Hall–Kier alpha value is -1.63. The molecule has 7 nitrogen and oxygen atoms in total. The van der Waals surface area contributed by atoms with Gasteiger partial charge in [0.1, 0.15) is 0 Å². The smallest absolute Gasteiger partial charge is 0.319 e. The molecule has 2 saturated heterocycles. The van der Waals surface area contributed by atoms with Crippen LogP contribution in [0.2, 0.25) is 0 Å². The number of urea groups is 1. The van der Waals surface area contributed by atoms with Crippen LogP contribution in [0.3, 0.4) is 0 Å². The summed E-state index contributed by atoms with van der Waals surface area (Å²) in [7, 11) is 3.58. The van der Waals surface area contributed by atoms with Gasteiger partial charge >= 0.3 is 6.03 Å². The van der Waals surface area contributed by atoms with E-state index in [0.717, 1.165) is 50.6 Å². The summed E-state index contributed by atoms with van der Waals surface area (Å²) in [6.45, 7) is 2.53. The Morgan fingerprint density at radius 1 is 1.22 bits per heavy atom. The molecule has 0 radical (unpaired) electrons. The summed E-state index contributed by atoms with van der Waals surface area (Å²) >= 11 is 0. The van der Waals surface area contributed by atoms with Crippen LogP contribution in [0.4, 0.5) is 4.79 Å². The number of likely N-dealkylation sites (tertiary alicyclic amines) is 1. The van der Waals surface area contributed by atoms with Crippen LogP contribution in [0, 0.1) is 0 Å². The first kappa shape index (κ1) is 16.2. The number of carbonyl (C=O) groups is 1. The molecule has 0 spiro atoms. The zero-order chi connectivity index (χ0) is 16.2. The second-order valence-electron chi connectivity index (χ2n) is 6.79. The van der Waals surface area contributed by atoms with Gasteiger partial charge in [-0.05, 0) is 32.2 Å². The molecule has 2 amide bonds. The van der Waals surface area contributed by atoms with Gasteiger partial charge < -0.3 is 19.6 Å². The van der Waals surface area contributed by atoms with Gasteiger partial charge in [0.05, 0.1) is 6.04 Å². The fraction of sp³-hybridized carbons (Fsp3) is 0.812. The second kappa shape index (κ2) is 7.29. The number of hydrogen-bond acceptors (Lipinski definition) is 5. The lowest BCUT2D eigenvalue weighted by Gasteiger charge is -2.32. The molecule has 7 heteroatoms. The van der Waals surface area contributed by atoms with Crippen molar-refractivity contribution < 1.29 is 9.32 Å². The fourth-order valence-electron chi connectivity index (χ4n) is 3.40. The zero-order valence-corrected chi connectivity index (χ0v) is 14.1. The third kappa shape index (κ3) is 3.83. The first-order valence-corrected chi connectivity index (χ1v) is 8.68. The minimum Gasteiger partial charge on any atom is -0.339 e. The first-order valence-electron chi connectivity index (χ1n) is 8.68. The van der Waals surface area contributed by atoms with Crippen LogP contribution >= 0.6 is 0 Å². The number of carbonyl (C=O) groups excluding carboxylic acids is 1. The van der Waals surface area contributed by atoms with Crippen molar-refractivity contribution in [2.75, 3.05) is 33.7 Å². The van der Waals surface area contributed by atoms with Gasteiger partial charge in [0, 0.05) is 33.1 Å². The maximum atomic E-state index is 12.0. The van der Waals surface area contributed by atoms with Gasteiger partial charge in [0.15, 0.2) is 5.82 Å². The number of rotatable bonds is 2. The summed E-state index contributed by atoms with van der Waals surface area (Å²) in [6, 6.07) is 0.308. The largest absolute Gasteiger partial charge is 0.339 e. The number of aromatic nitrogens is 2. The Morgan fingerprint density at radius 3 is 2.74 bits per heavy atom. The van der Waals surface area contributed by atoms with Crippen molar-refractivity contribution in [1.82, 2.24) is 25.3 Å². The molecule has 1 N–H and O–H groups in total. The Labute approximate surface area is 137 Å². The maximum absolute atomic E-state index is 12.0. The summed E-state index contributed by atoms with van der Waals surface area (Å²) in [4.78, 5) is 20.1. The van der Waals surface area contributed by atoms with E-state index in [1.807, 2.05) is 4.90 Å². The highest BCUT2D eigenvalue weighted by molar-refractivity contribution is 5.73. The van der Waals surface area contributed by atoms with Crippen LogP contribution in [0.1, 0.15) is 62.2 Å². The molecule has 0 aliphatic carbocycles. The van der Waals surface area contributed by atoms with E-state index < -0.39 is 0 Å². The lowest BCUT2D eigenvalue weighted by molar-refractivity contribution is 0.152. The molecule has 3 rings (SSSR count). The second-order valence-corrected chi connectivity index (χ2v) is 6.79. The highest BCUT2D eigenvalue weighted by atomic mass is 16.5. The molecule has 0 saturated carbocycles. The van der Waals surface area contributed by atoms with Gasteiger partial charge in [0.25, 0.3) is 0 Å². The molecule has 2 fully saturated rings. The van der Waals surface area contributed by atoms with E-state index in [4.69, 9.17) is 4.52 Å². The van der Waals surface area contributed by atoms with Crippen molar-refractivity contribution in [2.45, 2.75) is 50.5 Å². The molecule has 0 bridgehead atoms. The van der Waals surface area contributed by atoms with Gasteiger partial charge in [-0.3, -0.25) is 0 Å². The average molecular weight is 321 g/mol. The highest BCUT2D eigenvalue weighted by Crippen LogP contribution is 2.29. The van der Waals surface area contributed by atoms with Gasteiger partial charge in [-0.1, -0.05) is 18.0 Å². The van der Waals surface area contributed by atoms with Gasteiger partial charge in [-0.15, -0.1) is 0 Å². The van der Waals surface area contributed by atoms with Crippen molar-refractivity contribution in [3.05, 3.63) is 11.7 Å². The topological polar surface area (TPSA) is 74.5 Å². The number of nitrogens with one attached hydrogen (secondary N) is 1. The van der Waals surface area contributed by atoms with Crippen LogP contribution in [-0.2, 0) is 0 Å². The monoisotopic (exact) mass is 321 g/mol. The van der Waals surface area contributed by atoms with Crippen molar-refractivity contribution in [3.8, 4) is 0 Å². The molecule has 1 aromatic heterocycles. The Bertz CT molecular complexity index is 514. The van der Waals surface area contributed by atoms with E-state index in [2.05, 4.69) is 15.5 Å². The SMILES string of the molecule is CN(C)C(=O)N1CCC(c2nc(C3CCCCCN3)no2)CC1. The Morgan fingerprint density at radius 2 is 2.00 bits per heavy atom. The molecular weight excluding hydrogens is 294 g/mol. The van der Waals surface area contributed by atoms with Crippen molar-refractivity contribution >= 4 is 6.03 Å². The van der Waals surface area contributed by atoms with Crippen molar-refractivity contribution in [2.24, 2.45) is 0 Å². The minimum absolute atomic E-state index is 0.0809. The fourth-order valence-corrected chi connectivity index (χ4v) is 3.40. The molecule has 1 unspecified atom stereocenters. The molecule has 0 aromatic carbocycles. The molecule has 2 aliphatic rings. The van der Waals surface area contributed by atoms with E-state index in [1.54, 1.807) is 19.0 Å². The number of piperidine rings is 1. The Kier molecular flexibility index (Phi) is 5.15. The van der Waals surface area contributed by atoms with Gasteiger partial charge in [0.2, 0.25) is 5.89 Å². The predicted molar refractivity (Wildman–Crippen MR) is 86.1 cm³/mol. The maximum Gasteiger partial charge on any atom is 0.319 e. The number of nitrogens with zero attached hydrogens (tertiary/aromatic N) is 4. The van der Waals surface area contributed by atoms with Crippen LogP contribution < -0.4 is 5.32 Å². The molecule has 2 aliphatic heterocycles. The standard InChI is InChI=1S/C16H27N5O2/c1-20(2)16(22)21-10-7-12(8-11-21)15-18-14(19-23-15)13-6-4-3-5-9-17-13/h12-13,17H,3-11H2,1-2H3. The summed E-state index contributed by atoms with van der Waals surface area (Å²) < 4.78 is 5.53. The van der Waals surface area contributed by atoms with Crippen LogP contribution in [0.5, 0.6) is 0 Å². The lowest BCUT2D eigenvalue weighted by Crippen LogP contribution is -2.43. The molecule has 1 aromatic rings. The van der Waals surface area contributed by atoms with E-state index in [0.29, 0.717) is 0 Å². The van der Waals surface area contributed by atoms with Gasteiger partial charge in [-0.2, -0.15) is 4.98 Å². The van der Waals surface area contributed by atoms with E-state index in [9.17, 15) is 4.79 Å². The zero-order valence-electron chi connectivity index (χ0n) is 14.1. The number of hydrogen-bond donors (Lipinski definition) is 1. The van der Waals surface area contributed by atoms with Crippen LogP contribution in [0.15, 0.2) is 4.52 Å². The third-order valence-corrected chi connectivity index (χ3v) is 4.83. The molecule has 128 valence electrons. The normalized spacial score (nSPS) is 23.6. The highest BCUT2D eigenvalue weighted by Gasteiger charge is 2.29. The first-order chi connectivity index (χ1) is 11.1. The summed E-state index contributed by atoms with van der Waals surface area (Å²) in [5.74, 6) is 1.81. The third-order valence-electron chi connectivity index (χ3n) is 4.83. The number of amides is 2. The summed E-state index contributed by atoms with van der Waals surface area (Å²) in [6.07, 6.45) is 6.56. The summed E-state index contributed by atoms with van der Waals surface area (Å²) in [5.41, 5.74) is 0. The average Bonchev–Trinajstić information content (AvgIpc) is 2.90. The lowest BCUT2D eigenvalue weighted by atomic mass is 9.97. The van der Waals surface area contributed by atoms with Crippen LogP contribution in [-0.4, -0.2) is 59.7 Å². The molecule has 1 atom stereocenters. The summed E-state index contributed by atoms with van der Waals surface area (Å²) in [5, 5.41) is 7.71. The predicted octanol–water partition coefficient (Wildman–Crippen LogP) is 2.14.